The molecule has 0 amide bonds. The number of rotatable bonds is 0. The highest BCUT2D eigenvalue weighted by Gasteiger charge is 2.30. The molecule has 1 heteroatoms. The third-order valence-electron chi connectivity index (χ3n) is 2.33. The summed E-state index contributed by atoms with van der Waals surface area (Å²) in [6, 6.07) is 0. The summed E-state index contributed by atoms with van der Waals surface area (Å²) < 4.78 is 13.5. The molecule has 0 saturated heterocycles. The largest absolute Gasteiger partial charge is 0.242 e. The van der Waals surface area contributed by atoms with E-state index in [4.69, 9.17) is 0 Å². The second-order valence-corrected chi connectivity index (χ2v) is 4.61. The van der Waals surface area contributed by atoms with Gasteiger partial charge in [0.15, 0.2) is 0 Å². The lowest BCUT2D eigenvalue weighted by atomic mass is 9.75. The van der Waals surface area contributed by atoms with Crippen LogP contribution in [0.15, 0.2) is 23.8 Å². The van der Waals surface area contributed by atoms with E-state index in [2.05, 4.69) is 20.8 Å². The van der Waals surface area contributed by atoms with E-state index in [9.17, 15) is 4.39 Å². The number of hydrogen-bond acceptors (Lipinski definition) is 0. The van der Waals surface area contributed by atoms with Crippen molar-refractivity contribution in [3.8, 4) is 0 Å². The minimum absolute atomic E-state index is 0.0209. The Morgan fingerprint density at radius 3 is 2.33 bits per heavy atom. The van der Waals surface area contributed by atoms with Gasteiger partial charge in [0.25, 0.3) is 0 Å². The summed E-state index contributed by atoms with van der Waals surface area (Å²) in [7, 11) is 0. The molecule has 0 fully saturated rings. The summed E-state index contributed by atoms with van der Waals surface area (Å²) >= 11 is 0. The van der Waals surface area contributed by atoms with Crippen molar-refractivity contribution in [2.45, 2.75) is 33.9 Å². The molecule has 0 heterocycles. The number of hydrogen-bond donors (Lipinski definition) is 0. The monoisotopic (exact) mass is 168 g/mol. The van der Waals surface area contributed by atoms with Crippen LogP contribution in [0.5, 0.6) is 0 Å². The Morgan fingerprint density at radius 1 is 1.33 bits per heavy atom. The predicted octanol–water partition coefficient (Wildman–Crippen LogP) is 3.50. The molecule has 0 radical (unpaired) electrons. The van der Waals surface area contributed by atoms with Gasteiger partial charge in [-0.25, -0.2) is 4.39 Å². The quantitative estimate of drug-likeness (QED) is 0.519. The van der Waals surface area contributed by atoms with Crippen LogP contribution in [0.2, 0.25) is 0 Å². The Kier molecular flexibility index (Phi) is 2.41. The van der Waals surface area contributed by atoms with Crippen LogP contribution in [0, 0.1) is 11.3 Å². The molecule has 0 aromatic rings. The molecule has 0 aliphatic heterocycles. The van der Waals surface area contributed by atoms with Gasteiger partial charge < -0.3 is 0 Å². The van der Waals surface area contributed by atoms with Gasteiger partial charge in [0.2, 0.25) is 0 Å². The number of alkyl halides is 1. The minimum atomic E-state index is -0.810. The summed E-state index contributed by atoms with van der Waals surface area (Å²) in [4.78, 5) is 0. The average molecular weight is 168 g/mol. The van der Waals surface area contributed by atoms with Gasteiger partial charge in [-0.15, -0.1) is 0 Å². The van der Waals surface area contributed by atoms with Gasteiger partial charge in [0.05, 0.1) is 0 Å². The van der Waals surface area contributed by atoms with Gasteiger partial charge in [0, 0.05) is 5.92 Å². The maximum absolute atomic E-state index is 13.5. The molecule has 68 valence electrons. The van der Waals surface area contributed by atoms with Crippen molar-refractivity contribution in [2.24, 2.45) is 11.3 Å². The molecule has 1 aliphatic rings. The Morgan fingerprint density at radius 2 is 1.92 bits per heavy atom. The minimum Gasteiger partial charge on any atom is -0.242 e. The molecule has 0 spiro atoms. The summed E-state index contributed by atoms with van der Waals surface area (Å²) in [6.07, 6.45) is 4.89. The molecule has 1 rings (SSSR count). The summed E-state index contributed by atoms with van der Waals surface area (Å²) in [5.41, 5.74) is 1.05. The van der Waals surface area contributed by atoms with Crippen molar-refractivity contribution in [3.05, 3.63) is 23.8 Å². The van der Waals surface area contributed by atoms with Crippen molar-refractivity contribution < 1.29 is 4.39 Å². The highest BCUT2D eigenvalue weighted by atomic mass is 19.1. The third-order valence-corrected chi connectivity index (χ3v) is 2.33. The molecule has 0 saturated carbocycles. The second-order valence-electron chi connectivity index (χ2n) is 4.61. The van der Waals surface area contributed by atoms with E-state index < -0.39 is 6.17 Å². The molecule has 0 bridgehead atoms. The van der Waals surface area contributed by atoms with Crippen molar-refractivity contribution in [3.63, 3.8) is 0 Å². The zero-order valence-corrected chi connectivity index (χ0v) is 8.26. The molecule has 1 aliphatic carbocycles. The standard InChI is InChI=1S/C11H17F/c1-8-5-6-9(10(12)7-8)11(2,3)4/h5-7,9-10H,1-4H3. The first-order valence-corrected chi connectivity index (χ1v) is 4.42. The lowest BCUT2D eigenvalue weighted by molar-refractivity contribution is 0.186. The molecule has 0 aromatic heterocycles. The SMILES string of the molecule is CC1=CC(F)C(C(C)(C)C)C=C1. The van der Waals surface area contributed by atoms with Crippen molar-refractivity contribution in [1.29, 1.82) is 0 Å². The van der Waals surface area contributed by atoms with Crippen LogP contribution in [0.1, 0.15) is 27.7 Å². The van der Waals surface area contributed by atoms with Gasteiger partial charge in [-0.2, -0.15) is 0 Å². The topological polar surface area (TPSA) is 0 Å². The van der Waals surface area contributed by atoms with Crippen LogP contribution in [-0.4, -0.2) is 6.17 Å². The fourth-order valence-electron chi connectivity index (χ4n) is 1.54. The first kappa shape index (κ1) is 9.50. The Labute approximate surface area is 74.2 Å². The summed E-state index contributed by atoms with van der Waals surface area (Å²) in [5.74, 6) is 0.0289. The Bertz CT molecular complexity index is 218. The lowest BCUT2D eigenvalue weighted by Crippen LogP contribution is -2.28. The first-order chi connectivity index (χ1) is 5.41. The van der Waals surface area contributed by atoms with Crippen LogP contribution in [-0.2, 0) is 0 Å². The maximum atomic E-state index is 13.5. The molecule has 2 atom stereocenters. The van der Waals surface area contributed by atoms with Gasteiger partial charge in [-0.05, 0) is 18.4 Å². The number of halogens is 1. The summed E-state index contributed by atoms with van der Waals surface area (Å²) in [6.45, 7) is 8.15. The fourth-order valence-corrected chi connectivity index (χ4v) is 1.54. The van der Waals surface area contributed by atoms with Gasteiger partial charge in [0.1, 0.15) is 6.17 Å². The molecule has 0 aromatic carbocycles. The van der Waals surface area contributed by atoms with E-state index in [1.165, 1.54) is 0 Å². The van der Waals surface area contributed by atoms with Gasteiger partial charge >= 0.3 is 0 Å². The highest BCUT2D eigenvalue weighted by Crippen LogP contribution is 2.34. The zero-order valence-electron chi connectivity index (χ0n) is 8.26. The van der Waals surface area contributed by atoms with E-state index >= 15 is 0 Å². The highest BCUT2D eigenvalue weighted by molar-refractivity contribution is 5.25. The van der Waals surface area contributed by atoms with Crippen LogP contribution in [0.4, 0.5) is 4.39 Å². The maximum Gasteiger partial charge on any atom is 0.126 e. The van der Waals surface area contributed by atoms with Crippen LogP contribution >= 0.6 is 0 Å². The normalized spacial score (nSPS) is 30.2. The molecule has 12 heavy (non-hydrogen) atoms. The van der Waals surface area contributed by atoms with Crippen LogP contribution in [0.25, 0.3) is 0 Å². The van der Waals surface area contributed by atoms with Gasteiger partial charge in [-0.3, -0.25) is 0 Å². The average Bonchev–Trinajstić information content (AvgIpc) is 1.83. The van der Waals surface area contributed by atoms with Crippen LogP contribution in [0.3, 0.4) is 0 Å². The lowest BCUT2D eigenvalue weighted by Gasteiger charge is -2.31. The van der Waals surface area contributed by atoms with E-state index in [1.54, 1.807) is 6.08 Å². The summed E-state index contributed by atoms with van der Waals surface area (Å²) in [5, 5.41) is 0. The van der Waals surface area contributed by atoms with Crippen molar-refractivity contribution >= 4 is 0 Å². The van der Waals surface area contributed by atoms with Gasteiger partial charge in [-0.1, -0.05) is 38.5 Å². The van der Waals surface area contributed by atoms with Crippen molar-refractivity contribution in [1.82, 2.24) is 0 Å². The molecular formula is C11H17F. The smallest absolute Gasteiger partial charge is 0.126 e. The predicted molar refractivity (Wildman–Crippen MR) is 50.7 cm³/mol. The second kappa shape index (κ2) is 3.04. The molecular weight excluding hydrogens is 151 g/mol. The fraction of sp³-hybridized carbons (Fsp3) is 0.636. The Hall–Kier alpha value is -0.590. The Balaban J connectivity index is 2.80. The third kappa shape index (κ3) is 1.96. The van der Waals surface area contributed by atoms with Crippen LogP contribution < -0.4 is 0 Å². The number of allylic oxidation sites excluding steroid dienone is 4. The van der Waals surface area contributed by atoms with E-state index in [-0.39, 0.29) is 11.3 Å². The molecule has 2 unspecified atom stereocenters. The first-order valence-electron chi connectivity index (χ1n) is 4.42. The van der Waals surface area contributed by atoms with Crippen molar-refractivity contribution in [2.75, 3.05) is 0 Å². The molecule has 0 N–H and O–H groups in total. The van der Waals surface area contributed by atoms with E-state index in [0.717, 1.165) is 5.57 Å². The van der Waals surface area contributed by atoms with E-state index in [1.807, 2.05) is 19.1 Å². The van der Waals surface area contributed by atoms with E-state index in [0.29, 0.717) is 0 Å². The molecule has 0 nitrogen and oxygen atoms in total. The zero-order chi connectivity index (χ0) is 9.35.